The number of hydrogen-bond acceptors (Lipinski definition) is 6. The predicted octanol–water partition coefficient (Wildman–Crippen LogP) is 2.90. The molecule has 0 heterocycles. The highest BCUT2D eigenvalue weighted by atomic mass is 16.6. The molecule has 0 atom stereocenters. The first kappa shape index (κ1) is 16.7. The van der Waals surface area contributed by atoms with Gasteiger partial charge >= 0.3 is 5.97 Å². The molecule has 2 aromatic rings. The standard InChI is InChI=1S/C15H11N3O6/c19-15(20)13(8-10-4-1-2-7-14(10)18(23)24)16-11-5-3-6-12(9-11)17(21)22/h1-7,9H,8H2,(H,19,20). The van der Waals surface area contributed by atoms with Gasteiger partial charge in [0.1, 0.15) is 5.71 Å². The van der Waals surface area contributed by atoms with E-state index < -0.39 is 15.8 Å². The molecule has 24 heavy (non-hydrogen) atoms. The highest BCUT2D eigenvalue weighted by Gasteiger charge is 2.18. The van der Waals surface area contributed by atoms with Gasteiger partial charge in [0.25, 0.3) is 11.4 Å². The monoisotopic (exact) mass is 329 g/mol. The molecule has 0 aliphatic rings. The molecule has 2 aromatic carbocycles. The Morgan fingerprint density at radius 2 is 1.75 bits per heavy atom. The number of rotatable bonds is 6. The number of carbonyl (C=O) groups is 1. The third-order valence-corrected chi connectivity index (χ3v) is 3.10. The van der Waals surface area contributed by atoms with Crippen LogP contribution in [-0.4, -0.2) is 26.6 Å². The van der Waals surface area contributed by atoms with Crippen molar-refractivity contribution in [3.8, 4) is 0 Å². The van der Waals surface area contributed by atoms with Crippen LogP contribution in [0.15, 0.2) is 53.5 Å². The summed E-state index contributed by atoms with van der Waals surface area (Å²) in [5, 5.41) is 31.0. The second-order valence-electron chi connectivity index (χ2n) is 4.70. The molecular weight excluding hydrogens is 318 g/mol. The van der Waals surface area contributed by atoms with E-state index in [9.17, 15) is 30.1 Å². The minimum absolute atomic E-state index is 0.0835. The Morgan fingerprint density at radius 3 is 2.38 bits per heavy atom. The molecule has 0 radical (unpaired) electrons. The maximum Gasteiger partial charge on any atom is 0.350 e. The van der Waals surface area contributed by atoms with Crippen LogP contribution < -0.4 is 0 Å². The van der Waals surface area contributed by atoms with Crippen LogP contribution in [0.3, 0.4) is 0 Å². The van der Waals surface area contributed by atoms with Crippen molar-refractivity contribution in [1.29, 1.82) is 0 Å². The fourth-order valence-electron chi connectivity index (χ4n) is 2.01. The number of para-hydroxylation sites is 1. The second kappa shape index (κ2) is 7.09. The van der Waals surface area contributed by atoms with E-state index in [1.807, 2.05) is 0 Å². The Kier molecular flexibility index (Phi) is 4.95. The molecule has 0 saturated heterocycles. The summed E-state index contributed by atoms with van der Waals surface area (Å²) in [6.07, 6.45) is -0.283. The van der Waals surface area contributed by atoms with E-state index in [0.717, 1.165) is 6.07 Å². The Labute approximate surface area is 135 Å². The van der Waals surface area contributed by atoms with Gasteiger partial charge in [0.15, 0.2) is 0 Å². The number of benzene rings is 2. The molecule has 9 heteroatoms. The lowest BCUT2D eigenvalue weighted by Gasteiger charge is -2.04. The number of nitrogens with zero attached hydrogens (tertiary/aromatic N) is 3. The summed E-state index contributed by atoms with van der Waals surface area (Å²) in [6, 6.07) is 10.9. The maximum atomic E-state index is 11.4. The molecule has 1 N–H and O–H groups in total. The van der Waals surface area contributed by atoms with Crippen LogP contribution in [0.5, 0.6) is 0 Å². The van der Waals surface area contributed by atoms with Gasteiger partial charge in [-0.3, -0.25) is 20.2 Å². The third-order valence-electron chi connectivity index (χ3n) is 3.10. The summed E-state index contributed by atoms with van der Waals surface area (Å²) in [4.78, 5) is 35.8. The SMILES string of the molecule is O=C(O)C(Cc1ccccc1[N+](=O)[O-])=Nc1cccc([N+](=O)[O-])c1. The average Bonchev–Trinajstić information content (AvgIpc) is 2.54. The first-order chi connectivity index (χ1) is 11.4. The van der Waals surface area contributed by atoms with Crippen molar-refractivity contribution in [3.05, 3.63) is 74.3 Å². The van der Waals surface area contributed by atoms with Crippen molar-refractivity contribution >= 4 is 28.7 Å². The molecule has 0 aliphatic carbocycles. The summed E-state index contributed by atoms with van der Waals surface area (Å²) < 4.78 is 0. The van der Waals surface area contributed by atoms with Crippen LogP contribution in [0.1, 0.15) is 5.56 Å². The Morgan fingerprint density at radius 1 is 1.04 bits per heavy atom. The first-order valence-corrected chi connectivity index (χ1v) is 6.66. The second-order valence-corrected chi connectivity index (χ2v) is 4.70. The zero-order valence-electron chi connectivity index (χ0n) is 12.2. The molecule has 0 aromatic heterocycles. The molecule has 0 bridgehead atoms. The number of aliphatic imine (C=N–C) groups is 1. The average molecular weight is 329 g/mol. The number of nitro groups is 2. The fraction of sp³-hybridized carbons (Fsp3) is 0.0667. The summed E-state index contributed by atoms with van der Waals surface area (Å²) in [6.45, 7) is 0. The van der Waals surface area contributed by atoms with Gasteiger partial charge in [0, 0.05) is 30.2 Å². The van der Waals surface area contributed by atoms with Gasteiger partial charge < -0.3 is 5.11 Å². The third kappa shape index (κ3) is 3.97. The van der Waals surface area contributed by atoms with E-state index in [1.165, 1.54) is 36.4 Å². The summed E-state index contributed by atoms with van der Waals surface area (Å²) in [7, 11) is 0. The normalized spacial score (nSPS) is 11.1. The maximum absolute atomic E-state index is 11.4. The van der Waals surface area contributed by atoms with Crippen molar-refractivity contribution in [3.63, 3.8) is 0 Å². The first-order valence-electron chi connectivity index (χ1n) is 6.66. The van der Waals surface area contributed by atoms with E-state index in [2.05, 4.69) is 4.99 Å². The molecular formula is C15H11N3O6. The highest BCUT2D eigenvalue weighted by molar-refractivity contribution is 6.36. The van der Waals surface area contributed by atoms with Gasteiger partial charge in [-0.05, 0) is 6.07 Å². The molecule has 0 spiro atoms. The molecule has 2 rings (SSSR count). The van der Waals surface area contributed by atoms with Crippen LogP contribution in [-0.2, 0) is 11.2 Å². The number of carboxylic acids is 1. The number of nitro benzene ring substituents is 2. The van der Waals surface area contributed by atoms with E-state index in [-0.39, 0.29) is 34.8 Å². The number of hydrogen-bond donors (Lipinski definition) is 1. The Bertz CT molecular complexity index is 847. The number of carboxylic acid groups (broad SMARTS) is 1. The van der Waals surface area contributed by atoms with Gasteiger partial charge in [-0.15, -0.1) is 0 Å². The van der Waals surface area contributed by atoms with Crippen LogP contribution >= 0.6 is 0 Å². The molecule has 0 amide bonds. The summed E-state index contributed by atoms with van der Waals surface area (Å²) in [5.41, 5.74) is -0.531. The van der Waals surface area contributed by atoms with Crippen LogP contribution in [0, 0.1) is 20.2 Å². The highest BCUT2D eigenvalue weighted by Crippen LogP contribution is 2.22. The minimum atomic E-state index is -1.36. The van der Waals surface area contributed by atoms with Crippen molar-refractivity contribution in [2.45, 2.75) is 6.42 Å². The number of non-ortho nitro benzene ring substituents is 1. The fourth-order valence-corrected chi connectivity index (χ4v) is 2.01. The van der Waals surface area contributed by atoms with Crippen molar-refractivity contribution < 1.29 is 19.7 Å². The molecule has 122 valence electrons. The summed E-state index contributed by atoms with van der Waals surface area (Å²) >= 11 is 0. The molecule has 0 fully saturated rings. The van der Waals surface area contributed by atoms with E-state index >= 15 is 0 Å². The van der Waals surface area contributed by atoms with Crippen LogP contribution in [0.25, 0.3) is 0 Å². The molecule has 0 aliphatic heterocycles. The molecule has 0 unspecified atom stereocenters. The lowest BCUT2D eigenvalue weighted by atomic mass is 10.1. The van der Waals surface area contributed by atoms with E-state index in [1.54, 1.807) is 6.07 Å². The smallest absolute Gasteiger partial charge is 0.350 e. The van der Waals surface area contributed by atoms with Crippen molar-refractivity contribution in [2.24, 2.45) is 4.99 Å². The molecule has 9 nitrogen and oxygen atoms in total. The van der Waals surface area contributed by atoms with Crippen molar-refractivity contribution in [1.82, 2.24) is 0 Å². The van der Waals surface area contributed by atoms with Crippen LogP contribution in [0.4, 0.5) is 17.1 Å². The molecule has 0 saturated carbocycles. The van der Waals surface area contributed by atoms with Crippen molar-refractivity contribution in [2.75, 3.05) is 0 Å². The van der Waals surface area contributed by atoms with Gasteiger partial charge in [-0.1, -0.05) is 24.3 Å². The number of aliphatic carboxylic acids is 1. The Balaban J connectivity index is 2.41. The van der Waals surface area contributed by atoms with Gasteiger partial charge in [0.2, 0.25) is 0 Å². The lowest BCUT2D eigenvalue weighted by Crippen LogP contribution is -2.16. The zero-order valence-corrected chi connectivity index (χ0v) is 12.2. The largest absolute Gasteiger partial charge is 0.477 e. The summed E-state index contributed by atoms with van der Waals surface area (Å²) in [5.74, 6) is -1.36. The van der Waals surface area contributed by atoms with Gasteiger partial charge in [0.05, 0.1) is 15.5 Å². The quantitative estimate of drug-likeness (QED) is 0.491. The Hall–Kier alpha value is -3.62. The lowest BCUT2D eigenvalue weighted by molar-refractivity contribution is -0.385. The zero-order chi connectivity index (χ0) is 17.7. The van der Waals surface area contributed by atoms with E-state index in [0.29, 0.717) is 0 Å². The van der Waals surface area contributed by atoms with Gasteiger partial charge in [-0.2, -0.15) is 0 Å². The van der Waals surface area contributed by atoms with Crippen LogP contribution in [0.2, 0.25) is 0 Å². The minimum Gasteiger partial charge on any atom is -0.477 e. The predicted molar refractivity (Wildman–Crippen MR) is 84.6 cm³/mol. The van der Waals surface area contributed by atoms with Gasteiger partial charge in [-0.25, -0.2) is 9.79 Å². The topological polar surface area (TPSA) is 136 Å². The van der Waals surface area contributed by atoms with E-state index in [4.69, 9.17) is 0 Å².